The van der Waals surface area contributed by atoms with Crippen LogP contribution in [-0.2, 0) is 16.8 Å². The zero-order chi connectivity index (χ0) is 20.3. The molecule has 6 nitrogen and oxygen atoms in total. The summed E-state index contributed by atoms with van der Waals surface area (Å²) >= 11 is 3.57. The van der Waals surface area contributed by atoms with Gasteiger partial charge in [-0.05, 0) is 36.4 Å². The molecule has 0 saturated heterocycles. The van der Waals surface area contributed by atoms with Crippen molar-refractivity contribution in [3.8, 4) is 17.2 Å². The summed E-state index contributed by atoms with van der Waals surface area (Å²) in [6.07, 6.45) is 1.74. The van der Waals surface area contributed by atoms with Crippen LogP contribution >= 0.6 is 15.9 Å². The first-order valence-corrected chi connectivity index (χ1v) is 10.5. The lowest BCUT2D eigenvalue weighted by Crippen LogP contribution is -2.42. The Kier molecular flexibility index (Phi) is 3.83. The molecule has 1 amide bonds. The second-order valence-corrected chi connectivity index (χ2v) is 8.48. The second kappa shape index (κ2) is 6.47. The molecule has 7 heteroatoms. The number of fused-ring (bicyclic) bond motifs is 5. The molecule has 1 unspecified atom stereocenters. The number of nitrogens with zero attached hydrogens (tertiary/aromatic N) is 2. The number of amides is 1. The summed E-state index contributed by atoms with van der Waals surface area (Å²) in [7, 11) is 0. The highest BCUT2D eigenvalue weighted by Crippen LogP contribution is 2.55. The van der Waals surface area contributed by atoms with Gasteiger partial charge in [0, 0.05) is 33.6 Å². The standard InChI is InChI=1S/C23H17BrN2O4/c24-14-4-5-18-16(9-14)23(22(27)26(18)12-15-3-1-2-6-25-15)13-30-19-11-21-20(10-17(19)23)28-7-8-29-21/h1-6,9-11H,7-8,12-13H2. The minimum Gasteiger partial charge on any atom is -0.491 e. The van der Waals surface area contributed by atoms with E-state index in [0.29, 0.717) is 37.0 Å². The molecule has 2 aromatic carbocycles. The Morgan fingerprint density at radius 3 is 2.60 bits per heavy atom. The highest BCUT2D eigenvalue weighted by Gasteiger charge is 2.57. The number of carbonyl (C=O) groups is 1. The highest BCUT2D eigenvalue weighted by atomic mass is 79.9. The monoisotopic (exact) mass is 464 g/mol. The van der Waals surface area contributed by atoms with E-state index in [2.05, 4.69) is 20.9 Å². The lowest BCUT2D eigenvalue weighted by atomic mass is 9.77. The lowest BCUT2D eigenvalue weighted by molar-refractivity contribution is -0.122. The summed E-state index contributed by atoms with van der Waals surface area (Å²) in [5.41, 5.74) is 2.53. The van der Waals surface area contributed by atoms with Crippen LogP contribution in [0.25, 0.3) is 0 Å². The first-order valence-electron chi connectivity index (χ1n) is 9.76. The highest BCUT2D eigenvalue weighted by molar-refractivity contribution is 9.10. The van der Waals surface area contributed by atoms with Crippen LogP contribution in [0, 0.1) is 0 Å². The summed E-state index contributed by atoms with van der Waals surface area (Å²) in [5.74, 6) is 1.95. The van der Waals surface area contributed by atoms with Crippen LogP contribution in [0.4, 0.5) is 5.69 Å². The average Bonchev–Trinajstić information content (AvgIpc) is 3.25. The van der Waals surface area contributed by atoms with Crippen molar-refractivity contribution in [2.45, 2.75) is 12.0 Å². The Morgan fingerprint density at radius 1 is 0.967 bits per heavy atom. The van der Waals surface area contributed by atoms with Gasteiger partial charge in [0.05, 0.1) is 12.2 Å². The number of hydrogen-bond acceptors (Lipinski definition) is 5. The van der Waals surface area contributed by atoms with Gasteiger partial charge < -0.3 is 19.1 Å². The van der Waals surface area contributed by atoms with Crippen molar-refractivity contribution in [1.29, 1.82) is 0 Å². The normalized spacial score (nSPS) is 20.8. The van der Waals surface area contributed by atoms with E-state index in [1.54, 1.807) is 11.1 Å². The number of pyridine rings is 1. The van der Waals surface area contributed by atoms with Crippen molar-refractivity contribution in [2.24, 2.45) is 0 Å². The Bertz CT molecular complexity index is 1180. The van der Waals surface area contributed by atoms with Crippen molar-refractivity contribution in [3.63, 3.8) is 0 Å². The largest absolute Gasteiger partial charge is 0.491 e. The van der Waals surface area contributed by atoms with Gasteiger partial charge in [-0.3, -0.25) is 9.78 Å². The molecule has 0 radical (unpaired) electrons. The first kappa shape index (κ1) is 17.8. The van der Waals surface area contributed by atoms with Crippen molar-refractivity contribution in [1.82, 2.24) is 4.98 Å². The van der Waals surface area contributed by atoms with Crippen LogP contribution in [0.2, 0.25) is 0 Å². The van der Waals surface area contributed by atoms with Crippen LogP contribution in [-0.4, -0.2) is 30.7 Å². The number of ether oxygens (including phenoxy) is 3. The minimum absolute atomic E-state index is 0.0170. The minimum atomic E-state index is -0.918. The molecule has 30 heavy (non-hydrogen) atoms. The molecule has 0 fully saturated rings. The van der Waals surface area contributed by atoms with Crippen LogP contribution in [0.5, 0.6) is 17.2 Å². The summed E-state index contributed by atoms with van der Waals surface area (Å²) in [6, 6.07) is 15.4. The fourth-order valence-electron chi connectivity index (χ4n) is 4.54. The molecule has 0 aliphatic carbocycles. The summed E-state index contributed by atoms with van der Waals surface area (Å²) < 4.78 is 18.5. The Morgan fingerprint density at radius 2 is 1.80 bits per heavy atom. The van der Waals surface area contributed by atoms with E-state index >= 15 is 0 Å². The molecule has 3 aliphatic heterocycles. The van der Waals surface area contributed by atoms with Crippen molar-refractivity contribution in [3.05, 3.63) is 76.0 Å². The zero-order valence-electron chi connectivity index (χ0n) is 15.9. The van der Waals surface area contributed by atoms with Gasteiger partial charge in [0.15, 0.2) is 11.5 Å². The Labute approximate surface area is 181 Å². The molecular weight excluding hydrogens is 448 g/mol. The summed E-state index contributed by atoms with van der Waals surface area (Å²) in [4.78, 5) is 20.2. The Balaban J connectivity index is 1.53. The predicted octanol–water partition coefficient (Wildman–Crippen LogP) is 3.84. The molecule has 1 aromatic heterocycles. The smallest absolute Gasteiger partial charge is 0.246 e. The zero-order valence-corrected chi connectivity index (χ0v) is 17.5. The molecule has 150 valence electrons. The van der Waals surface area contributed by atoms with Crippen LogP contribution in [0.15, 0.2) is 59.2 Å². The number of benzene rings is 2. The van der Waals surface area contributed by atoms with Crippen LogP contribution in [0.3, 0.4) is 0 Å². The molecule has 0 bridgehead atoms. The number of aromatic nitrogens is 1. The third kappa shape index (κ3) is 2.41. The van der Waals surface area contributed by atoms with Crippen LogP contribution < -0.4 is 19.1 Å². The van der Waals surface area contributed by atoms with E-state index in [1.165, 1.54) is 0 Å². The maximum atomic E-state index is 14.0. The molecule has 4 heterocycles. The summed E-state index contributed by atoms with van der Waals surface area (Å²) in [6.45, 7) is 1.63. The average molecular weight is 465 g/mol. The van der Waals surface area contributed by atoms with E-state index in [-0.39, 0.29) is 12.5 Å². The van der Waals surface area contributed by atoms with E-state index in [1.807, 2.05) is 48.5 Å². The Hall–Kier alpha value is -3.06. The van der Waals surface area contributed by atoms with Gasteiger partial charge in [0.2, 0.25) is 5.91 Å². The van der Waals surface area contributed by atoms with Gasteiger partial charge >= 0.3 is 0 Å². The van der Waals surface area contributed by atoms with Gasteiger partial charge in [0.25, 0.3) is 0 Å². The topological polar surface area (TPSA) is 60.9 Å². The fraction of sp³-hybridized carbons (Fsp3) is 0.217. The second-order valence-electron chi connectivity index (χ2n) is 7.56. The van der Waals surface area contributed by atoms with Gasteiger partial charge in [-0.2, -0.15) is 0 Å². The molecule has 3 aliphatic rings. The van der Waals surface area contributed by atoms with Crippen LogP contribution in [0.1, 0.15) is 16.8 Å². The molecule has 3 aromatic rings. The van der Waals surface area contributed by atoms with Crippen molar-refractivity contribution in [2.75, 3.05) is 24.7 Å². The quantitative estimate of drug-likeness (QED) is 0.576. The van der Waals surface area contributed by atoms with E-state index in [4.69, 9.17) is 14.2 Å². The van der Waals surface area contributed by atoms with Gasteiger partial charge in [0.1, 0.15) is 31.0 Å². The number of halogens is 1. The van der Waals surface area contributed by atoms with E-state index in [0.717, 1.165) is 27.0 Å². The maximum absolute atomic E-state index is 14.0. The molecular formula is C23H17BrN2O4. The van der Waals surface area contributed by atoms with Crippen molar-refractivity contribution >= 4 is 27.5 Å². The lowest BCUT2D eigenvalue weighted by Gasteiger charge is -2.24. The first-order chi connectivity index (χ1) is 14.7. The molecule has 0 N–H and O–H groups in total. The molecule has 6 rings (SSSR count). The SMILES string of the molecule is O=C1N(Cc2ccccn2)c2ccc(Br)cc2C12COc1cc3c(cc12)OCCO3. The number of anilines is 1. The number of carbonyl (C=O) groups excluding carboxylic acids is 1. The number of hydrogen-bond donors (Lipinski definition) is 0. The predicted molar refractivity (Wildman–Crippen MR) is 113 cm³/mol. The number of rotatable bonds is 2. The van der Waals surface area contributed by atoms with Gasteiger partial charge in [-0.15, -0.1) is 0 Å². The van der Waals surface area contributed by atoms with E-state index in [9.17, 15) is 4.79 Å². The van der Waals surface area contributed by atoms with Gasteiger partial charge in [-0.25, -0.2) is 0 Å². The maximum Gasteiger partial charge on any atom is 0.246 e. The molecule has 0 saturated carbocycles. The van der Waals surface area contributed by atoms with Gasteiger partial charge in [-0.1, -0.05) is 22.0 Å². The fourth-order valence-corrected chi connectivity index (χ4v) is 4.90. The molecule has 1 spiro atoms. The van der Waals surface area contributed by atoms with E-state index < -0.39 is 5.41 Å². The third-order valence-corrected chi connectivity index (χ3v) is 6.41. The molecule has 1 atom stereocenters. The van der Waals surface area contributed by atoms with Crippen molar-refractivity contribution < 1.29 is 19.0 Å². The summed E-state index contributed by atoms with van der Waals surface area (Å²) in [5, 5.41) is 0. The third-order valence-electron chi connectivity index (χ3n) is 5.91.